The van der Waals surface area contributed by atoms with E-state index in [0.29, 0.717) is 17.2 Å². The molecule has 5 rings (SSSR count). The smallest absolute Gasteiger partial charge is 0.416 e. The van der Waals surface area contributed by atoms with Crippen molar-refractivity contribution in [3.63, 3.8) is 0 Å². The molecule has 1 fully saturated rings. The van der Waals surface area contributed by atoms with Gasteiger partial charge in [0.2, 0.25) is 0 Å². The monoisotopic (exact) mass is 549 g/mol. The van der Waals surface area contributed by atoms with Crippen molar-refractivity contribution in [2.24, 2.45) is 0 Å². The molecule has 40 heavy (non-hydrogen) atoms. The maximum atomic E-state index is 13.4. The first-order chi connectivity index (χ1) is 19.1. The average molecular weight is 550 g/mol. The van der Waals surface area contributed by atoms with Crippen molar-refractivity contribution in [2.75, 3.05) is 0 Å². The molecule has 11 heteroatoms. The number of carboxylic acid groups (broad SMARTS) is 1. The highest BCUT2D eigenvalue weighted by atomic mass is 19.4. The highest BCUT2D eigenvalue weighted by molar-refractivity contribution is 5.93. The van der Waals surface area contributed by atoms with Gasteiger partial charge in [-0.05, 0) is 71.8 Å². The summed E-state index contributed by atoms with van der Waals surface area (Å²) in [6.45, 7) is 1.65. The second kappa shape index (κ2) is 10.8. The first-order valence-electron chi connectivity index (χ1n) is 12.7. The predicted molar refractivity (Wildman–Crippen MR) is 141 cm³/mol. The molecular weight excluding hydrogens is 523 g/mol. The first-order valence-corrected chi connectivity index (χ1v) is 12.7. The summed E-state index contributed by atoms with van der Waals surface area (Å²) in [7, 11) is 0. The van der Waals surface area contributed by atoms with E-state index in [2.05, 4.69) is 20.7 Å². The van der Waals surface area contributed by atoms with Crippen LogP contribution >= 0.6 is 0 Å². The molecule has 1 saturated carbocycles. The minimum atomic E-state index is -4.55. The Morgan fingerprint density at radius 2 is 1.80 bits per heavy atom. The quantitative estimate of drug-likeness (QED) is 0.242. The van der Waals surface area contributed by atoms with E-state index in [1.165, 1.54) is 6.07 Å². The lowest BCUT2D eigenvalue weighted by atomic mass is 9.95. The van der Waals surface area contributed by atoms with Crippen molar-refractivity contribution in [3.8, 4) is 22.3 Å². The summed E-state index contributed by atoms with van der Waals surface area (Å²) in [5.74, 6) is -0.368. The van der Waals surface area contributed by atoms with Crippen LogP contribution in [0, 0.1) is 0 Å². The van der Waals surface area contributed by atoms with Gasteiger partial charge in [-0.2, -0.15) is 18.3 Å². The molecular formula is C29H26F3N5O3. The minimum Gasteiger partial charge on any atom is -0.465 e. The van der Waals surface area contributed by atoms with E-state index in [9.17, 15) is 22.8 Å². The van der Waals surface area contributed by atoms with Gasteiger partial charge in [0.25, 0.3) is 5.91 Å². The van der Waals surface area contributed by atoms with Gasteiger partial charge in [-0.15, -0.1) is 0 Å². The number of alkyl halides is 3. The van der Waals surface area contributed by atoms with Crippen molar-refractivity contribution >= 4 is 12.0 Å². The molecule has 0 radical (unpaired) electrons. The van der Waals surface area contributed by atoms with Gasteiger partial charge >= 0.3 is 12.3 Å². The van der Waals surface area contributed by atoms with Crippen molar-refractivity contribution in [2.45, 2.75) is 44.6 Å². The van der Waals surface area contributed by atoms with Crippen LogP contribution < -0.4 is 10.6 Å². The van der Waals surface area contributed by atoms with Crippen molar-refractivity contribution < 1.29 is 27.9 Å². The van der Waals surface area contributed by atoms with Crippen LogP contribution in [-0.4, -0.2) is 31.9 Å². The Morgan fingerprint density at radius 3 is 2.48 bits per heavy atom. The number of carbonyl (C=O) groups excluding carboxylic acids is 1. The number of rotatable bonds is 8. The summed E-state index contributed by atoms with van der Waals surface area (Å²) < 4.78 is 42.0. The van der Waals surface area contributed by atoms with Crippen LogP contribution in [0.2, 0.25) is 0 Å². The van der Waals surface area contributed by atoms with Crippen LogP contribution in [0.3, 0.4) is 0 Å². The standard InChI is InChI=1S/C29H26F3N5O3/c1-17(36-27(38)26-12-20(10-11-33-26)22-15-35-37(16-22)24-8-9-24)18-2-4-19(5-3-18)25-13-23(29(30,31)32)7-6-21(25)14-34-28(39)40/h2-7,10-13,15-17,24,34H,8-9,14H2,1H3,(H,36,38)(H,39,40)/t17-/m1/s1. The Morgan fingerprint density at radius 1 is 1.05 bits per heavy atom. The Kier molecular flexibility index (Phi) is 7.29. The van der Waals surface area contributed by atoms with E-state index in [0.717, 1.165) is 41.7 Å². The van der Waals surface area contributed by atoms with E-state index in [4.69, 9.17) is 5.11 Å². The molecule has 4 aromatic rings. The number of benzene rings is 2. The Labute approximate surface area is 227 Å². The van der Waals surface area contributed by atoms with Crippen molar-refractivity contribution in [3.05, 3.63) is 95.6 Å². The molecule has 0 unspecified atom stereocenters. The molecule has 1 aliphatic rings. The van der Waals surface area contributed by atoms with Crippen LogP contribution in [0.15, 0.2) is 73.2 Å². The van der Waals surface area contributed by atoms with Gasteiger partial charge in [-0.3, -0.25) is 14.5 Å². The molecule has 0 saturated heterocycles. The number of halogens is 3. The van der Waals surface area contributed by atoms with Crippen LogP contribution in [0.1, 0.15) is 59.0 Å². The number of nitrogens with zero attached hydrogens (tertiary/aromatic N) is 3. The molecule has 0 spiro atoms. The molecule has 206 valence electrons. The fourth-order valence-electron chi connectivity index (χ4n) is 4.41. The van der Waals surface area contributed by atoms with Crippen molar-refractivity contribution in [1.82, 2.24) is 25.4 Å². The zero-order valence-electron chi connectivity index (χ0n) is 21.4. The third-order valence-electron chi connectivity index (χ3n) is 6.78. The van der Waals surface area contributed by atoms with Gasteiger partial charge in [0, 0.05) is 24.5 Å². The lowest BCUT2D eigenvalue weighted by molar-refractivity contribution is -0.137. The summed E-state index contributed by atoms with van der Waals surface area (Å²) in [5, 5.41) is 18.4. The third-order valence-corrected chi connectivity index (χ3v) is 6.78. The second-order valence-electron chi connectivity index (χ2n) is 9.72. The Bertz CT molecular complexity index is 1550. The number of hydrogen-bond donors (Lipinski definition) is 3. The van der Waals surface area contributed by atoms with E-state index >= 15 is 0 Å². The molecule has 3 N–H and O–H groups in total. The third kappa shape index (κ3) is 6.14. The van der Waals surface area contributed by atoms with E-state index in [-0.39, 0.29) is 23.7 Å². The first kappa shape index (κ1) is 26.9. The summed E-state index contributed by atoms with van der Waals surface area (Å²) in [4.78, 5) is 28.1. The van der Waals surface area contributed by atoms with E-state index < -0.39 is 23.9 Å². The summed E-state index contributed by atoms with van der Waals surface area (Å²) >= 11 is 0. The lowest BCUT2D eigenvalue weighted by Crippen LogP contribution is -2.27. The largest absolute Gasteiger partial charge is 0.465 e. The fourth-order valence-corrected chi connectivity index (χ4v) is 4.41. The Balaban J connectivity index is 1.31. The van der Waals surface area contributed by atoms with Crippen molar-refractivity contribution in [1.29, 1.82) is 0 Å². The van der Waals surface area contributed by atoms with Gasteiger partial charge in [0.15, 0.2) is 0 Å². The second-order valence-corrected chi connectivity index (χ2v) is 9.72. The Hall–Kier alpha value is -4.67. The maximum Gasteiger partial charge on any atom is 0.416 e. The van der Waals surface area contributed by atoms with Gasteiger partial charge in [0.05, 0.1) is 23.8 Å². The molecule has 2 aromatic heterocycles. The summed E-state index contributed by atoms with van der Waals surface area (Å²) in [6.07, 6.45) is 1.72. The maximum absolute atomic E-state index is 13.4. The van der Waals surface area contributed by atoms with E-state index in [1.54, 1.807) is 49.6 Å². The molecule has 8 nitrogen and oxygen atoms in total. The number of carbonyl (C=O) groups is 2. The zero-order valence-corrected chi connectivity index (χ0v) is 21.4. The van der Waals surface area contributed by atoms with Crippen LogP contribution in [-0.2, 0) is 12.7 Å². The lowest BCUT2D eigenvalue weighted by Gasteiger charge is -2.17. The average Bonchev–Trinajstić information content (AvgIpc) is 3.67. The molecule has 2 aromatic carbocycles. The predicted octanol–water partition coefficient (Wildman–Crippen LogP) is 6.22. The number of nitrogens with one attached hydrogen (secondary N) is 2. The van der Waals surface area contributed by atoms with Gasteiger partial charge in [-0.25, -0.2) is 4.79 Å². The van der Waals surface area contributed by atoms with E-state index in [1.807, 2.05) is 16.9 Å². The normalized spacial score (nSPS) is 14.0. The highest BCUT2D eigenvalue weighted by Gasteiger charge is 2.31. The summed E-state index contributed by atoms with van der Waals surface area (Å²) in [5.41, 5.74) is 3.03. The summed E-state index contributed by atoms with van der Waals surface area (Å²) in [6, 6.07) is 13.5. The number of aromatic nitrogens is 3. The van der Waals surface area contributed by atoms with Gasteiger partial charge in [-0.1, -0.05) is 30.3 Å². The van der Waals surface area contributed by atoms with Crippen LogP contribution in [0.5, 0.6) is 0 Å². The molecule has 0 bridgehead atoms. The van der Waals surface area contributed by atoms with Gasteiger partial charge in [0.1, 0.15) is 5.69 Å². The number of amides is 2. The minimum absolute atomic E-state index is 0.148. The van der Waals surface area contributed by atoms with Gasteiger partial charge < -0.3 is 15.7 Å². The van der Waals surface area contributed by atoms with Crippen LogP contribution in [0.4, 0.5) is 18.0 Å². The van der Waals surface area contributed by atoms with Crippen LogP contribution in [0.25, 0.3) is 22.3 Å². The number of hydrogen-bond acceptors (Lipinski definition) is 4. The fraction of sp³-hybridized carbons (Fsp3) is 0.241. The zero-order chi connectivity index (χ0) is 28.4. The molecule has 0 aliphatic heterocycles. The molecule has 2 heterocycles. The topological polar surface area (TPSA) is 109 Å². The SMILES string of the molecule is C[C@@H](NC(=O)c1cc(-c2cnn(C3CC3)c2)ccn1)c1ccc(-c2cc(C(F)(F)F)ccc2CNC(=O)O)cc1. The molecule has 1 atom stereocenters. The highest BCUT2D eigenvalue weighted by Crippen LogP contribution is 2.36. The number of pyridine rings is 1. The molecule has 1 aliphatic carbocycles. The molecule has 2 amide bonds.